The summed E-state index contributed by atoms with van der Waals surface area (Å²) in [5.74, 6) is -0.564. The molecule has 1 heterocycles. The highest BCUT2D eigenvalue weighted by molar-refractivity contribution is 7.85. The second-order valence-corrected chi connectivity index (χ2v) is 6.06. The largest absolute Gasteiger partial charge is 0.306 e. The van der Waals surface area contributed by atoms with Gasteiger partial charge in [0.2, 0.25) is 0 Å². The van der Waals surface area contributed by atoms with Crippen molar-refractivity contribution in [3.8, 4) is 0 Å². The van der Waals surface area contributed by atoms with Gasteiger partial charge in [-0.05, 0) is 19.8 Å². The molecule has 1 aliphatic carbocycles. The predicted octanol–water partition coefficient (Wildman–Crippen LogP) is 2.50. The van der Waals surface area contributed by atoms with Gasteiger partial charge in [-0.15, -0.1) is 3.89 Å². The average Bonchev–Trinajstić information content (AvgIpc) is 2.59. The highest BCUT2D eigenvalue weighted by Gasteiger charge is 2.19. The molecular formula is C11H17FN2O2S. The van der Waals surface area contributed by atoms with Gasteiger partial charge >= 0.3 is 10.2 Å². The van der Waals surface area contributed by atoms with Crippen LogP contribution in [0, 0.1) is 6.92 Å². The minimum absolute atomic E-state index is 0.346. The van der Waals surface area contributed by atoms with Crippen LogP contribution in [0.1, 0.15) is 49.4 Å². The van der Waals surface area contributed by atoms with Gasteiger partial charge in [0, 0.05) is 11.8 Å². The fraction of sp³-hybridized carbons (Fsp3) is 0.727. The maximum absolute atomic E-state index is 12.6. The summed E-state index contributed by atoms with van der Waals surface area (Å²) in [7, 11) is -4.47. The Morgan fingerprint density at radius 1 is 1.41 bits per heavy atom. The molecule has 0 amide bonds. The van der Waals surface area contributed by atoms with E-state index in [1.54, 1.807) is 13.1 Å². The van der Waals surface area contributed by atoms with Crippen molar-refractivity contribution in [2.45, 2.75) is 50.8 Å². The quantitative estimate of drug-likeness (QED) is 0.785. The molecule has 96 valence electrons. The second-order valence-electron chi connectivity index (χ2n) is 4.69. The smallest absolute Gasteiger partial charge is 0.269 e. The summed E-state index contributed by atoms with van der Waals surface area (Å²) in [4.78, 5) is 0. The van der Waals surface area contributed by atoms with Crippen molar-refractivity contribution in [3.63, 3.8) is 0 Å². The molecule has 0 atom stereocenters. The Balaban J connectivity index is 2.17. The summed E-state index contributed by atoms with van der Waals surface area (Å²) < 4.78 is 35.7. The van der Waals surface area contributed by atoms with E-state index in [1.807, 2.05) is 4.68 Å². The van der Waals surface area contributed by atoms with Gasteiger partial charge in [0.05, 0.1) is 11.7 Å². The second kappa shape index (κ2) is 4.76. The monoisotopic (exact) mass is 260 g/mol. The Labute approximate surface area is 101 Å². The Bertz CT molecular complexity index is 490. The molecule has 0 spiro atoms. The lowest BCUT2D eigenvalue weighted by Crippen LogP contribution is -2.13. The minimum atomic E-state index is -4.47. The van der Waals surface area contributed by atoms with Gasteiger partial charge in [-0.25, -0.2) is 0 Å². The zero-order valence-corrected chi connectivity index (χ0v) is 10.7. The number of nitrogens with zero attached hydrogens (tertiary/aromatic N) is 2. The van der Waals surface area contributed by atoms with Crippen molar-refractivity contribution in [1.82, 2.24) is 9.78 Å². The van der Waals surface area contributed by atoms with E-state index in [1.165, 1.54) is 19.3 Å². The van der Waals surface area contributed by atoms with Crippen LogP contribution in [0.25, 0.3) is 0 Å². The third-order valence-electron chi connectivity index (χ3n) is 3.30. The highest BCUT2D eigenvalue weighted by Crippen LogP contribution is 2.28. The van der Waals surface area contributed by atoms with Gasteiger partial charge in [-0.3, -0.25) is 4.68 Å². The molecule has 0 bridgehead atoms. The summed E-state index contributed by atoms with van der Waals surface area (Å²) in [6.07, 6.45) is 7.44. The molecule has 6 heteroatoms. The SMILES string of the molecule is Cc1nn(C2CCCCC2)cc1CS(=O)(=O)F. The molecule has 2 rings (SSSR count). The van der Waals surface area contributed by atoms with Crippen LogP contribution < -0.4 is 0 Å². The van der Waals surface area contributed by atoms with Gasteiger partial charge in [0.15, 0.2) is 0 Å². The van der Waals surface area contributed by atoms with E-state index in [-0.39, 0.29) is 0 Å². The van der Waals surface area contributed by atoms with Crippen LogP contribution >= 0.6 is 0 Å². The molecule has 1 aromatic heterocycles. The average molecular weight is 260 g/mol. The van der Waals surface area contributed by atoms with Gasteiger partial charge < -0.3 is 0 Å². The lowest BCUT2D eigenvalue weighted by molar-refractivity contribution is 0.328. The molecule has 0 N–H and O–H groups in total. The van der Waals surface area contributed by atoms with Gasteiger partial charge in [0.1, 0.15) is 5.75 Å². The number of aryl methyl sites for hydroxylation is 1. The standard InChI is InChI=1S/C11H17FN2O2S/c1-9-10(8-17(12,15)16)7-14(13-9)11-5-3-2-4-6-11/h7,11H,2-6,8H2,1H3. The molecule has 1 fully saturated rings. The van der Waals surface area contributed by atoms with Crippen LogP contribution in [-0.4, -0.2) is 18.2 Å². The molecule has 0 aliphatic heterocycles. The predicted molar refractivity (Wildman–Crippen MR) is 62.8 cm³/mol. The number of hydrogen-bond acceptors (Lipinski definition) is 3. The molecule has 1 aromatic rings. The maximum atomic E-state index is 12.6. The number of rotatable bonds is 3. The summed E-state index contributed by atoms with van der Waals surface area (Å²) >= 11 is 0. The minimum Gasteiger partial charge on any atom is -0.269 e. The molecule has 0 saturated heterocycles. The van der Waals surface area contributed by atoms with Gasteiger partial charge in [0.25, 0.3) is 0 Å². The van der Waals surface area contributed by atoms with Crippen LogP contribution in [0.3, 0.4) is 0 Å². The number of halogens is 1. The Morgan fingerprint density at radius 2 is 2.06 bits per heavy atom. The van der Waals surface area contributed by atoms with Crippen molar-refractivity contribution in [2.24, 2.45) is 0 Å². The van der Waals surface area contributed by atoms with Crippen molar-refractivity contribution in [3.05, 3.63) is 17.5 Å². The molecule has 17 heavy (non-hydrogen) atoms. The van der Waals surface area contributed by atoms with Crippen molar-refractivity contribution < 1.29 is 12.3 Å². The number of hydrogen-bond donors (Lipinski definition) is 0. The van der Waals surface area contributed by atoms with E-state index >= 15 is 0 Å². The molecule has 0 unspecified atom stereocenters. The van der Waals surface area contributed by atoms with E-state index in [0.717, 1.165) is 12.8 Å². The van der Waals surface area contributed by atoms with E-state index in [9.17, 15) is 12.3 Å². The normalized spacial score (nSPS) is 18.5. The maximum Gasteiger partial charge on any atom is 0.306 e. The van der Waals surface area contributed by atoms with Crippen molar-refractivity contribution in [2.75, 3.05) is 0 Å². The van der Waals surface area contributed by atoms with E-state index in [4.69, 9.17) is 0 Å². The van der Waals surface area contributed by atoms with E-state index in [0.29, 0.717) is 17.3 Å². The summed E-state index contributed by atoms with van der Waals surface area (Å²) in [5.41, 5.74) is 1.08. The van der Waals surface area contributed by atoms with Crippen LogP contribution in [0.5, 0.6) is 0 Å². The van der Waals surface area contributed by atoms with Crippen LogP contribution in [0.4, 0.5) is 3.89 Å². The van der Waals surface area contributed by atoms with Crippen LogP contribution in [-0.2, 0) is 16.0 Å². The van der Waals surface area contributed by atoms with Crippen LogP contribution in [0.2, 0.25) is 0 Å². The first kappa shape index (κ1) is 12.5. The lowest BCUT2D eigenvalue weighted by Gasteiger charge is -2.21. The Hall–Kier alpha value is -0.910. The summed E-state index contributed by atoms with van der Waals surface area (Å²) in [6, 6.07) is 0.346. The fourth-order valence-electron chi connectivity index (χ4n) is 2.38. The first-order valence-corrected chi connectivity index (χ1v) is 7.48. The van der Waals surface area contributed by atoms with Crippen molar-refractivity contribution >= 4 is 10.2 Å². The van der Waals surface area contributed by atoms with Crippen molar-refractivity contribution in [1.29, 1.82) is 0 Å². The number of aromatic nitrogens is 2. The molecule has 4 nitrogen and oxygen atoms in total. The van der Waals surface area contributed by atoms with E-state index in [2.05, 4.69) is 5.10 Å². The molecular weight excluding hydrogens is 243 g/mol. The molecule has 1 saturated carbocycles. The Morgan fingerprint density at radius 3 is 2.65 bits per heavy atom. The Kier molecular flexibility index (Phi) is 3.51. The highest BCUT2D eigenvalue weighted by atomic mass is 32.3. The third-order valence-corrected chi connectivity index (χ3v) is 3.95. The fourth-order valence-corrected chi connectivity index (χ4v) is 3.03. The summed E-state index contributed by atoms with van der Waals surface area (Å²) in [6.45, 7) is 1.72. The lowest BCUT2D eigenvalue weighted by atomic mass is 9.96. The van der Waals surface area contributed by atoms with Crippen LogP contribution in [0.15, 0.2) is 6.20 Å². The zero-order valence-electron chi connectivity index (χ0n) is 9.89. The third kappa shape index (κ3) is 3.28. The first-order chi connectivity index (χ1) is 7.96. The molecule has 1 aliphatic rings. The zero-order chi connectivity index (χ0) is 12.5. The molecule has 0 aromatic carbocycles. The van der Waals surface area contributed by atoms with Gasteiger partial charge in [-0.2, -0.15) is 13.5 Å². The molecule has 0 radical (unpaired) electrons. The van der Waals surface area contributed by atoms with Gasteiger partial charge in [-0.1, -0.05) is 19.3 Å². The van der Waals surface area contributed by atoms with E-state index < -0.39 is 16.0 Å². The topological polar surface area (TPSA) is 52.0 Å². The first-order valence-electron chi connectivity index (χ1n) is 5.93. The summed E-state index contributed by atoms with van der Waals surface area (Å²) in [5, 5.41) is 4.30.